The molecule has 206 valence electrons. The first-order valence-corrected chi connectivity index (χ1v) is 14.7. The molecular weight excluding hydrogens is 573 g/mol. The van der Waals surface area contributed by atoms with Gasteiger partial charge in [0.15, 0.2) is 0 Å². The van der Waals surface area contributed by atoms with Crippen molar-refractivity contribution >= 4 is 63.1 Å². The van der Waals surface area contributed by atoms with Crippen molar-refractivity contribution in [2.45, 2.75) is 0 Å². The fraction of sp³-hybridized carbons (Fsp3) is 0. The average Bonchev–Trinajstić information content (AvgIpc) is 3.84. The Kier molecular flexibility index (Phi) is 2.98. The van der Waals surface area contributed by atoms with Crippen LogP contribution in [0.5, 0.6) is 0 Å². The van der Waals surface area contributed by atoms with E-state index in [1.807, 2.05) is 0 Å². The highest BCUT2D eigenvalue weighted by Crippen LogP contribution is 2.43. The molecule has 0 saturated carbocycles. The number of nitrogens with zero attached hydrogens (tertiary/aromatic N) is 2. The minimum absolute atomic E-state index is 0.000971. The van der Waals surface area contributed by atoms with Crippen LogP contribution >= 0.6 is 22.7 Å². The summed E-state index contributed by atoms with van der Waals surface area (Å²) in [6.45, 7) is 0. The molecule has 4 heteroatoms. The van der Waals surface area contributed by atoms with Gasteiger partial charge in [0.05, 0.1) is 42.0 Å². The highest BCUT2D eigenvalue weighted by molar-refractivity contribution is 7.26. The standard InChI is InChI=1S/C40H24N2S2/c1-2-9-25(10-3-1)26-11-6-12-27(21-26)28-19-20-34-36(23-28)44-40-37(41-24-42-38(34)40)30-14-7-13-29(22-30)31-16-8-17-33-32-15-4-5-18-35(32)43-39(31)33/h1-24H/i1D,2D,4D,5D,6D,7D,8D,9D,10D,11D,12D,13D,14D,15D,16D,17D,18D,21D,22D. The molecule has 2 nitrogen and oxygen atoms in total. The zero-order valence-electron chi connectivity index (χ0n) is 41.1. The Morgan fingerprint density at radius 1 is 0.500 bits per heavy atom. The Morgan fingerprint density at radius 2 is 1.23 bits per heavy atom. The van der Waals surface area contributed by atoms with Gasteiger partial charge in [0.2, 0.25) is 0 Å². The zero-order valence-corrected chi connectivity index (χ0v) is 23.7. The number of thiophene rings is 2. The van der Waals surface area contributed by atoms with Gasteiger partial charge in [0, 0.05) is 35.8 Å². The third-order valence-corrected chi connectivity index (χ3v) is 9.28. The van der Waals surface area contributed by atoms with E-state index in [0.717, 1.165) is 28.7 Å². The van der Waals surface area contributed by atoms with E-state index in [4.69, 9.17) is 24.7 Å². The third-order valence-electron chi connectivity index (χ3n) is 7.01. The molecule has 9 rings (SSSR count). The van der Waals surface area contributed by atoms with Gasteiger partial charge in [-0.25, -0.2) is 9.97 Å². The van der Waals surface area contributed by atoms with Crippen LogP contribution in [-0.4, -0.2) is 9.97 Å². The predicted molar refractivity (Wildman–Crippen MR) is 190 cm³/mol. The van der Waals surface area contributed by atoms with Crippen LogP contribution in [0.3, 0.4) is 0 Å². The molecule has 0 saturated heterocycles. The smallest absolute Gasteiger partial charge is 0.116 e. The first-order valence-electron chi connectivity index (χ1n) is 22.6. The maximum absolute atomic E-state index is 9.55. The number of aromatic nitrogens is 2. The maximum atomic E-state index is 9.55. The molecule has 0 amide bonds. The lowest BCUT2D eigenvalue weighted by molar-refractivity contribution is 1.24. The van der Waals surface area contributed by atoms with Crippen molar-refractivity contribution in [2.24, 2.45) is 0 Å². The van der Waals surface area contributed by atoms with Crippen LogP contribution in [0.1, 0.15) is 26.0 Å². The molecule has 9 aromatic rings. The molecule has 0 radical (unpaired) electrons. The summed E-state index contributed by atoms with van der Waals surface area (Å²) in [5.74, 6) is 0. The van der Waals surface area contributed by atoms with Crippen molar-refractivity contribution in [3.63, 3.8) is 0 Å². The van der Waals surface area contributed by atoms with Gasteiger partial charge >= 0.3 is 0 Å². The van der Waals surface area contributed by atoms with Gasteiger partial charge in [-0.15, -0.1) is 22.7 Å². The summed E-state index contributed by atoms with van der Waals surface area (Å²) in [6, 6.07) is -4.29. The summed E-state index contributed by atoms with van der Waals surface area (Å²) in [5.41, 5.74) is -0.932. The molecule has 0 bridgehead atoms. The highest BCUT2D eigenvalue weighted by Gasteiger charge is 2.16. The fourth-order valence-electron chi connectivity index (χ4n) is 5.03. The molecule has 0 spiro atoms. The first kappa shape index (κ1) is 12.8. The molecular formula is C40H24N2S2. The molecule has 6 aromatic carbocycles. The Hall–Kier alpha value is -5.16. The number of fused-ring (bicyclic) bond motifs is 6. The van der Waals surface area contributed by atoms with E-state index in [1.54, 1.807) is 18.2 Å². The monoisotopic (exact) mass is 615 g/mol. The molecule has 0 aliphatic heterocycles. The van der Waals surface area contributed by atoms with Crippen LogP contribution in [0.15, 0.2) is 145 Å². The van der Waals surface area contributed by atoms with Crippen molar-refractivity contribution in [1.82, 2.24) is 9.97 Å². The van der Waals surface area contributed by atoms with E-state index in [-0.39, 0.29) is 64.8 Å². The second kappa shape index (κ2) is 10.2. The molecule has 0 aliphatic carbocycles. The topological polar surface area (TPSA) is 25.8 Å². The summed E-state index contributed by atoms with van der Waals surface area (Å²) in [5, 5.41) is 0.394. The molecule has 0 unspecified atom stereocenters. The zero-order chi connectivity index (χ0) is 45.6. The summed E-state index contributed by atoms with van der Waals surface area (Å²) >= 11 is 1.90. The van der Waals surface area contributed by atoms with Gasteiger partial charge in [0.1, 0.15) is 6.33 Å². The van der Waals surface area contributed by atoms with Crippen molar-refractivity contribution in [3.05, 3.63) is 145 Å². The summed E-state index contributed by atoms with van der Waals surface area (Å²) in [4.78, 5) is 8.91. The van der Waals surface area contributed by atoms with Crippen LogP contribution in [-0.2, 0) is 0 Å². The summed E-state index contributed by atoms with van der Waals surface area (Å²) in [7, 11) is 0. The van der Waals surface area contributed by atoms with Gasteiger partial charge < -0.3 is 0 Å². The molecule has 0 N–H and O–H groups in total. The lowest BCUT2D eigenvalue weighted by atomic mass is 9.98. The van der Waals surface area contributed by atoms with Crippen molar-refractivity contribution in [3.8, 4) is 44.6 Å². The third kappa shape index (κ3) is 4.15. The lowest BCUT2D eigenvalue weighted by Crippen LogP contribution is -1.87. The molecule has 0 fully saturated rings. The van der Waals surface area contributed by atoms with E-state index < -0.39 is 115 Å². The van der Waals surface area contributed by atoms with E-state index in [9.17, 15) is 1.37 Å². The molecule has 3 aromatic heterocycles. The Bertz CT molecular complexity index is 3580. The largest absolute Gasteiger partial charge is 0.235 e. The average molecular weight is 616 g/mol. The van der Waals surface area contributed by atoms with E-state index in [2.05, 4.69) is 9.97 Å². The minimum atomic E-state index is -0.655. The summed E-state index contributed by atoms with van der Waals surface area (Å²) in [6.07, 6.45) is 1.18. The minimum Gasteiger partial charge on any atom is -0.235 e. The summed E-state index contributed by atoms with van der Waals surface area (Å²) < 4.78 is 166. The van der Waals surface area contributed by atoms with Gasteiger partial charge in [0.25, 0.3) is 0 Å². The van der Waals surface area contributed by atoms with E-state index in [1.165, 1.54) is 6.33 Å². The van der Waals surface area contributed by atoms with E-state index >= 15 is 0 Å². The molecule has 3 heterocycles. The normalized spacial score (nSPS) is 17.7. The van der Waals surface area contributed by atoms with E-state index in [0.29, 0.717) is 20.3 Å². The predicted octanol–water partition coefficient (Wildman–Crippen LogP) is 11.9. The lowest BCUT2D eigenvalue weighted by Gasteiger charge is -2.07. The fourth-order valence-corrected chi connectivity index (χ4v) is 7.29. The molecule has 44 heavy (non-hydrogen) atoms. The molecule has 0 aliphatic rings. The van der Waals surface area contributed by atoms with Crippen LogP contribution in [0, 0.1) is 0 Å². The number of hydrogen-bond donors (Lipinski definition) is 0. The number of rotatable bonds is 4. The van der Waals surface area contributed by atoms with Crippen molar-refractivity contribution < 1.29 is 26.0 Å². The number of benzene rings is 6. The van der Waals surface area contributed by atoms with Crippen LogP contribution < -0.4 is 0 Å². The Balaban J connectivity index is 1.29. The van der Waals surface area contributed by atoms with Gasteiger partial charge in [-0.05, 0) is 57.6 Å². The van der Waals surface area contributed by atoms with Crippen LogP contribution in [0.2, 0.25) is 0 Å². The SMILES string of the molecule is [2H]c1cc([2H])c(-c2c([2H])c([2H])c([2H])c(-c3ccc4c(c3)sc3c(-c5c([2H])c([2H])c([2H])c(-c6c([2H])c([2H])c([2H])c7c6sc6c([2H])c([2H])c([2H])c([2H])c67)c5[2H])ncnc34)c2[2H])c([2H])c1[2H]. The maximum Gasteiger partial charge on any atom is 0.116 e. The van der Waals surface area contributed by atoms with Crippen molar-refractivity contribution in [1.29, 1.82) is 0 Å². The highest BCUT2D eigenvalue weighted by atomic mass is 32.1. The van der Waals surface area contributed by atoms with Gasteiger partial charge in [-0.1, -0.05) is 115 Å². The van der Waals surface area contributed by atoms with Gasteiger partial charge in [-0.2, -0.15) is 0 Å². The first-order chi connectivity index (χ1) is 29.7. The molecule has 0 atom stereocenters. The Labute approximate surface area is 289 Å². The van der Waals surface area contributed by atoms with Crippen LogP contribution in [0.25, 0.3) is 85.1 Å². The quantitative estimate of drug-likeness (QED) is 0.197. The Morgan fingerprint density at radius 3 is 2.18 bits per heavy atom. The second-order valence-electron chi connectivity index (χ2n) is 9.53. The van der Waals surface area contributed by atoms with Gasteiger partial charge in [-0.3, -0.25) is 0 Å². The second-order valence-corrected chi connectivity index (χ2v) is 11.6. The van der Waals surface area contributed by atoms with Crippen LogP contribution in [0.4, 0.5) is 0 Å². The number of hydrogen-bond acceptors (Lipinski definition) is 4. The van der Waals surface area contributed by atoms with Crippen molar-refractivity contribution in [2.75, 3.05) is 0 Å².